The van der Waals surface area contributed by atoms with E-state index in [1.165, 1.54) is 11.1 Å². The van der Waals surface area contributed by atoms with Gasteiger partial charge in [-0.1, -0.05) is 194 Å². The maximum Gasteiger partial charge on any atom is 0.164 e. The number of hydrogen-bond donors (Lipinski definition) is 0. The first-order valence-corrected chi connectivity index (χ1v) is 18.2. The molecule has 1 heterocycles. The van der Waals surface area contributed by atoms with Crippen LogP contribution in [0.2, 0.25) is 0 Å². The van der Waals surface area contributed by atoms with Crippen molar-refractivity contribution >= 4 is 0 Å². The minimum atomic E-state index is 0.622. The van der Waals surface area contributed by atoms with Crippen molar-refractivity contribution in [3.05, 3.63) is 212 Å². The lowest BCUT2D eigenvalue weighted by Gasteiger charge is -2.14. The van der Waals surface area contributed by atoms with Crippen LogP contribution < -0.4 is 0 Å². The Labute approximate surface area is 316 Å². The van der Waals surface area contributed by atoms with Gasteiger partial charge in [0.25, 0.3) is 0 Å². The average Bonchev–Trinajstić information content (AvgIpc) is 3.27. The molecule has 0 saturated heterocycles. The molecule has 254 valence electrons. The molecule has 0 aliphatic heterocycles. The molecule has 0 bridgehead atoms. The van der Waals surface area contributed by atoms with Crippen molar-refractivity contribution in [2.24, 2.45) is 0 Å². The van der Waals surface area contributed by atoms with Crippen LogP contribution in [0.15, 0.2) is 212 Å². The first-order valence-electron chi connectivity index (χ1n) is 18.2. The van der Waals surface area contributed by atoms with Gasteiger partial charge in [0.2, 0.25) is 0 Å². The molecule has 8 aromatic carbocycles. The standard InChI is InChI=1S/C51H35N3/c1-5-15-36(16-6-1)42-23-13-24-43(33-42)38-27-29-41(30-28-38)49-52-50(45-26-14-25-44(34-45)37-17-7-2-8-18-37)54-51(53-49)46-31-32-47(39-19-9-3-10-20-39)48(35-46)40-21-11-4-12-22-40/h1-35H. The zero-order valence-electron chi connectivity index (χ0n) is 29.5. The third-order valence-corrected chi connectivity index (χ3v) is 9.76. The summed E-state index contributed by atoms with van der Waals surface area (Å²) in [4.78, 5) is 15.4. The molecule has 54 heavy (non-hydrogen) atoms. The molecule has 0 atom stereocenters. The zero-order valence-corrected chi connectivity index (χ0v) is 29.5. The van der Waals surface area contributed by atoms with Crippen molar-refractivity contribution in [2.45, 2.75) is 0 Å². The van der Waals surface area contributed by atoms with Crippen LogP contribution in [0.5, 0.6) is 0 Å². The summed E-state index contributed by atoms with van der Waals surface area (Å²) in [7, 11) is 0. The molecule has 3 nitrogen and oxygen atoms in total. The van der Waals surface area contributed by atoms with E-state index in [-0.39, 0.29) is 0 Å². The molecule has 0 aliphatic carbocycles. The number of benzene rings is 8. The first kappa shape index (κ1) is 32.7. The van der Waals surface area contributed by atoms with Crippen molar-refractivity contribution in [3.63, 3.8) is 0 Å². The Morgan fingerprint density at radius 2 is 0.500 bits per heavy atom. The lowest BCUT2D eigenvalue weighted by Crippen LogP contribution is -2.01. The van der Waals surface area contributed by atoms with Crippen LogP contribution in [0.25, 0.3) is 89.8 Å². The van der Waals surface area contributed by atoms with Crippen molar-refractivity contribution in [1.82, 2.24) is 15.0 Å². The highest BCUT2D eigenvalue weighted by Crippen LogP contribution is 2.36. The number of hydrogen-bond acceptors (Lipinski definition) is 3. The average molecular weight is 690 g/mol. The van der Waals surface area contributed by atoms with Gasteiger partial charge in [-0.2, -0.15) is 0 Å². The van der Waals surface area contributed by atoms with Gasteiger partial charge in [-0.05, 0) is 73.8 Å². The maximum atomic E-state index is 5.15. The first-order chi connectivity index (χ1) is 26.7. The van der Waals surface area contributed by atoms with E-state index in [4.69, 9.17) is 15.0 Å². The molecule has 0 amide bonds. The van der Waals surface area contributed by atoms with Gasteiger partial charge in [-0.3, -0.25) is 0 Å². The summed E-state index contributed by atoms with van der Waals surface area (Å²) in [6, 6.07) is 74.1. The van der Waals surface area contributed by atoms with Crippen LogP contribution in [0.1, 0.15) is 0 Å². The van der Waals surface area contributed by atoms with E-state index < -0.39 is 0 Å². The Hall–Kier alpha value is -7.23. The second kappa shape index (κ2) is 14.8. The third-order valence-electron chi connectivity index (χ3n) is 9.76. The molecule has 0 N–H and O–H groups in total. The van der Waals surface area contributed by atoms with Crippen LogP contribution >= 0.6 is 0 Å². The van der Waals surface area contributed by atoms with E-state index in [1.54, 1.807) is 0 Å². The smallest absolute Gasteiger partial charge is 0.164 e. The molecular formula is C51H35N3. The normalized spacial score (nSPS) is 11.0. The van der Waals surface area contributed by atoms with Gasteiger partial charge in [-0.25, -0.2) is 15.0 Å². The molecule has 0 fully saturated rings. The summed E-state index contributed by atoms with van der Waals surface area (Å²) in [6.45, 7) is 0. The third kappa shape index (κ3) is 6.87. The molecule has 0 spiro atoms. The lowest BCUT2D eigenvalue weighted by molar-refractivity contribution is 1.07. The minimum Gasteiger partial charge on any atom is -0.208 e. The Morgan fingerprint density at radius 3 is 1.00 bits per heavy atom. The van der Waals surface area contributed by atoms with Gasteiger partial charge in [-0.15, -0.1) is 0 Å². The highest BCUT2D eigenvalue weighted by atomic mass is 15.0. The molecule has 0 unspecified atom stereocenters. The Balaban J connectivity index is 1.16. The Bertz CT molecular complexity index is 2670. The van der Waals surface area contributed by atoms with Crippen molar-refractivity contribution in [2.75, 3.05) is 0 Å². The summed E-state index contributed by atoms with van der Waals surface area (Å²) in [5, 5.41) is 0. The van der Waals surface area contributed by atoms with E-state index in [0.717, 1.165) is 61.2 Å². The molecule has 9 rings (SSSR count). The maximum absolute atomic E-state index is 5.15. The van der Waals surface area contributed by atoms with Gasteiger partial charge < -0.3 is 0 Å². The van der Waals surface area contributed by atoms with Gasteiger partial charge in [0, 0.05) is 16.7 Å². The van der Waals surface area contributed by atoms with E-state index in [9.17, 15) is 0 Å². The van der Waals surface area contributed by atoms with Crippen LogP contribution in [0.3, 0.4) is 0 Å². The molecule has 3 heteroatoms. The fraction of sp³-hybridized carbons (Fsp3) is 0. The summed E-state index contributed by atoms with van der Waals surface area (Å²) in [5.41, 5.74) is 14.3. The quantitative estimate of drug-likeness (QED) is 0.159. The van der Waals surface area contributed by atoms with E-state index >= 15 is 0 Å². The van der Waals surface area contributed by atoms with E-state index in [2.05, 4.69) is 200 Å². The highest BCUT2D eigenvalue weighted by Gasteiger charge is 2.16. The number of nitrogens with zero attached hydrogens (tertiary/aromatic N) is 3. The van der Waals surface area contributed by atoms with Crippen LogP contribution in [-0.2, 0) is 0 Å². The zero-order chi connectivity index (χ0) is 36.1. The van der Waals surface area contributed by atoms with E-state index in [0.29, 0.717) is 17.5 Å². The summed E-state index contributed by atoms with van der Waals surface area (Å²) >= 11 is 0. The van der Waals surface area contributed by atoms with Crippen LogP contribution in [0, 0.1) is 0 Å². The van der Waals surface area contributed by atoms with Gasteiger partial charge in [0.1, 0.15) is 0 Å². The summed E-state index contributed by atoms with van der Waals surface area (Å²) in [5.74, 6) is 1.87. The molecular weight excluding hydrogens is 655 g/mol. The predicted molar refractivity (Wildman–Crippen MR) is 223 cm³/mol. The highest BCUT2D eigenvalue weighted by molar-refractivity contribution is 5.87. The lowest BCUT2D eigenvalue weighted by atomic mass is 9.92. The second-order valence-corrected chi connectivity index (χ2v) is 13.3. The molecule has 1 aromatic heterocycles. The van der Waals surface area contributed by atoms with Crippen molar-refractivity contribution in [1.29, 1.82) is 0 Å². The second-order valence-electron chi connectivity index (χ2n) is 13.3. The fourth-order valence-corrected chi connectivity index (χ4v) is 6.96. The van der Waals surface area contributed by atoms with Gasteiger partial charge in [0.15, 0.2) is 17.5 Å². The largest absolute Gasteiger partial charge is 0.208 e. The summed E-state index contributed by atoms with van der Waals surface area (Å²) in [6.07, 6.45) is 0. The van der Waals surface area contributed by atoms with Crippen molar-refractivity contribution < 1.29 is 0 Å². The SMILES string of the molecule is c1ccc(-c2cccc(-c3ccc(-c4nc(-c5cccc(-c6ccccc6)c5)nc(-c5ccc(-c6ccccc6)c(-c6ccccc6)c5)n4)cc3)c2)cc1. The summed E-state index contributed by atoms with van der Waals surface area (Å²) < 4.78 is 0. The molecule has 0 radical (unpaired) electrons. The molecule has 0 aliphatic rings. The number of aromatic nitrogens is 3. The predicted octanol–water partition coefficient (Wildman–Crippen LogP) is 13.2. The van der Waals surface area contributed by atoms with Gasteiger partial charge >= 0.3 is 0 Å². The van der Waals surface area contributed by atoms with E-state index in [1.807, 2.05) is 12.1 Å². The van der Waals surface area contributed by atoms with Crippen LogP contribution in [0.4, 0.5) is 0 Å². The Kier molecular flexibility index (Phi) is 8.94. The molecule has 9 aromatic rings. The van der Waals surface area contributed by atoms with Gasteiger partial charge in [0.05, 0.1) is 0 Å². The Morgan fingerprint density at radius 1 is 0.185 bits per heavy atom. The van der Waals surface area contributed by atoms with Crippen LogP contribution in [-0.4, -0.2) is 15.0 Å². The minimum absolute atomic E-state index is 0.622. The van der Waals surface area contributed by atoms with Crippen molar-refractivity contribution in [3.8, 4) is 89.8 Å². The fourth-order valence-electron chi connectivity index (χ4n) is 6.96. The monoisotopic (exact) mass is 689 g/mol. The topological polar surface area (TPSA) is 38.7 Å². The number of rotatable bonds is 8. The molecule has 0 saturated carbocycles.